The van der Waals surface area contributed by atoms with Crippen molar-refractivity contribution in [3.63, 3.8) is 0 Å². The molecule has 2 rings (SSSR count). The number of hydrogen-bond acceptors (Lipinski definition) is 1. The molecule has 142 valence electrons. The Bertz CT molecular complexity index is 827. The van der Waals surface area contributed by atoms with Gasteiger partial charge in [0, 0.05) is 0 Å². The van der Waals surface area contributed by atoms with E-state index in [9.17, 15) is 5.11 Å². The summed E-state index contributed by atoms with van der Waals surface area (Å²) in [6.45, 7) is 14.6. The predicted octanol–water partition coefficient (Wildman–Crippen LogP) is 7.20. The molecule has 1 aliphatic rings. The number of phenols is 1. The Balaban J connectivity index is 2.92. The van der Waals surface area contributed by atoms with Crippen molar-refractivity contribution in [2.75, 3.05) is 0 Å². The second-order valence-corrected chi connectivity index (χ2v) is 7.14. The zero-order valence-electron chi connectivity index (χ0n) is 17.3. The second kappa shape index (κ2) is 8.90. The first-order chi connectivity index (χ1) is 12.9. The highest BCUT2D eigenvalue weighted by Gasteiger charge is 2.47. The van der Waals surface area contributed by atoms with Gasteiger partial charge in [-0.05, 0) is 74.4 Å². The minimum atomic E-state index is -0.280. The zero-order valence-corrected chi connectivity index (χ0v) is 17.3. The van der Waals surface area contributed by atoms with Gasteiger partial charge >= 0.3 is 0 Å². The number of benzene rings is 1. The van der Waals surface area contributed by atoms with Crippen LogP contribution < -0.4 is 0 Å². The van der Waals surface area contributed by atoms with E-state index < -0.39 is 0 Å². The van der Waals surface area contributed by atoms with Gasteiger partial charge in [0.1, 0.15) is 5.75 Å². The van der Waals surface area contributed by atoms with Crippen LogP contribution in [0.3, 0.4) is 0 Å². The average molecular weight is 361 g/mol. The number of rotatable bonds is 6. The monoisotopic (exact) mass is 360 g/mol. The van der Waals surface area contributed by atoms with Gasteiger partial charge in [-0.15, -0.1) is 0 Å². The summed E-state index contributed by atoms with van der Waals surface area (Å²) in [5.41, 5.74) is 5.76. The topological polar surface area (TPSA) is 20.2 Å². The molecule has 0 aromatic heterocycles. The summed E-state index contributed by atoms with van der Waals surface area (Å²) in [5, 5.41) is 9.87. The Morgan fingerprint density at radius 3 is 2.30 bits per heavy atom. The standard InChI is InChI=1S/C26H32O/c1-7-11-21(9-3)26(22-13-15-24(27)16-14-22)23(12-8-2)18-20(17-19(5)6)25(26)10-4/h7-8,10-18,21,27H,5,9H2,1-4,6H3/b11-7-,12-8-,20-17-,25-10+. The Morgan fingerprint density at radius 2 is 1.81 bits per heavy atom. The molecule has 0 heterocycles. The molecule has 1 nitrogen and oxygen atoms in total. The largest absolute Gasteiger partial charge is 0.508 e. The highest BCUT2D eigenvalue weighted by Crippen LogP contribution is 2.55. The van der Waals surface area contributed by atoms with Crippen molar-refractivity contribution in [2.24, 2.45) is 5.92 Å². The van der Waals surface area contributed by atoms with Crippen LogP contribution in [0.4, 0.5) is 0 Å². The molecule has 2 atom stereocenters. The van der Waals surface area contributed by atoms with Crippen LogP contribution in [-0.2, 0) is 5.41 Å². The lowest BCUT2D eigenvalue weighted by Crippen LogP contribution is -2.36. The third-order valence-electron chi connectivity index (χ3n) is 5.28. The Hall–Kier alpha value is -2.54. The predicted molar refractivity (Wildman–Crippen MR) is 118 cm³/mol. The molecule has 1 aromatic rings. The number of hydrogen-bond donors (Lipinski definition) is 1. The van der Waals surface area contributed by atoms with Crippen molar-refractivity contribution in [3.8, 4) is 5.75 Å². The van der Waals surface area contributed by atoms with Crippen LogP contribution in [0.2, 0.25) is 0 Å². The first kappa shape index (κ1) is 20.8. The molecule has 1 aromatic carbocycles. The SMILES string of the molecule is C=C(C)/C=C1C=C(/C=C\C)C(c2ccc(O)cc2)(C(/C=C\C)CC)C/1=C/C. The molecule has 0 amide bonds. The fraction of sp³-hybridized carbons (Fsp3) is 0.308. The van der Waals surface area contributed by atoms with Crippen LogP contribution in [0, 0.1) is 5.92 Å². The number of phenolic OH excluding ortho intramolecular Hbond substituents is 1. The van der Waals surface area contributed by atoms with Gasteiger partial charge in [-0.2, -0.15) is 0 Å². The maximum Gasteiger partial charge on any atom is 0.115 e. The fourth-order valence-corrected chi connectivity index (χ4v) is 4.37. The van der Waals surface area contributed by atoms with E-state index in [-0.39, 0.29) is 5.41 Å². The second-order valence-electron chi connectivity index (χ2n) is 7.14. The summed E-state index contributed by atoms with van der Waals surface area (Å²) in [7, 11) is 0. The van der Waals surface area contributed by atoms with Gasteiger partial charge in [0.2, 0.25) is 0 Å². The van der Waals surface area contributed by atoms with Crippen molar-refractivity contribution >= 4 is 0 Å². The molecule has 1 aliphatic carbocycles. The Labute approximate surface area is 164 Å². The lowest BCUT2D eigenvalue weighted by atomic mass is 9.62. The molecular formula is C26H32O. The third-order valence-corrected chi connectivity index (χ3v) is 5.28. The lowest BCUT2D eigenvalue weighted by molar-refractivity contribution is 0.436. The smallest absolute Gasteiger partial charge is 0.115 e. The van der Waals surface area contributed by atoms with E-state index in [0.29, 0.717) is 11.7 Å². The minimum absolute atomic E-state index is 0.280. The van der Waals surface area contributed by atoms with Crippen molar-refractivity contribution in [2.45, 2.75) is 46.5 Å². The van der Waals surface area contributed by atoms with Gasteiger partial charge in [0.15, 0.2) is 0 Å². The minimum Gasteiger partial charge on any atom is -0.508 e. The van der Waals surface area contributed by atoms with E-state index in [4.69, 9.17) is 0 Å². The molecule has 0 bridgehead atoms. The fourth-order valence-electron chi connectivity index (χ4n) is 4.37. The summed E-state index contributed by atoms with van der Waals surface area (Å²) in [6, 6.07) is 7.71. The van der Waals surface area contributed by atoms with Gasteiger partial charge in [-0.25, -0.2) is 0 Å². The summed E-state index contributed by atoms with van der Waals surface area (Å²) in [4.78, 5) is 0. The highest BCUT2D eigenvalue weighted by atomic mass is 16.3. The van der Waals surface area contributed by atoms with Crippen LogP contribution in [0.1, 0.15) is 46.6 Å². The molecule has 27 heavy (non-hydrogen) atoms. The van der Waals surface area contributed by atoms with Gasteiger partial charge in [0.05, 0.1) is 5.41 Å². The summed E-state index contributed by atoms with van der Waals surface area (Å²) < 4.78 is 0. The van der Waals surface area contributed by atoms with Gasteiger partial charge in [-0.3, -0.25) is 0 Å². The Morgan fingerprint density at radius 1 is 1.15 bits per heavy atom. The molecule has 0 saturated carbocycles. The van der Waals surface area contributed by atoms with E-state index in [1.807, 2.05) is 6.92 Å². The summed E-state index contributed by atoms with van der Waals surface area (Å²) >= 11 is 0. The molecule has 1 heteroatoms. The van der Waals surface area contributed by atoms with Crippen molar-refractivity contribution in [3.05, 3.63) is 101 Å². The van der Waals surface area contributed by atoms with Gasteiger partial charge < -0.3 is 5.11 Å². The molecule has 0 spiro atoms. The zero-order chi connectivity index (χ0) is 20.0. The van der Waals surface area contributed by atoms with Crippen LogP contribution in [0.15, 0.2) is 95.7 Å². The normalized spacial score (nSPS) is 24.3. The molecule has 1 N–H and O–H groups in total. The number of aromatic hydroxyl groups is 1. The maximum absolute atomic E-state index is 9.87. The number of allylic oxidation sites excluding steroid dienone is 11. The summed E-state index contributed by atoms with van der Waals surface area (Å²) in [5.74, 6) is 0.596. The van der Waals surface area contributed by atoms with Crippen LogP contribution in [0.5, 0.6) is 5.75 Å². The van der Waals surface area contributed by atoms with E-state index in [1.165, 1.54) is 22.3 Å². The van der Waals surface area contributed by atoms with E-state index in [1.54, 1.807) is 12.1 Å². The van der Waals surface area contributed by atoms with Gasteiger partial charge in [-0.1, -0.05) is 73.7 Å². The Kier molecular flexibility index (Phi) is 6.85. The van der Waals surface area contributed by atoms with E-state index in [2.05, 4.69) is 88.9 Å². The highest BCUT2D eigenvalue weighted by molar-refractivity contribution is 5.69. The molecule has 0 aliphatic heterocycles. The van der Waals surface area contributed by atoms with Gasteiger partial charge in [0.25, 0.3) is 0 Å². The average Bonchev–Trinajstić information content (AvgIpc) is 2.93. The van der Waals surface area contributed by atoms with Crippen molar-refractivity contribution in [1.82, 2.24) is 0 Å². The molecule has 0 fully saturated rings. The van der Waals surface area contributed by atoms with Crippen LogP contribution in [-0.4, -0.2) is 5.11 Å². The van der Waals surface area contributed by atoms with E-state index >= 15 is 0 Å². The van der Waals surface area contributed by atoms with Crippen LogP contribution in [0.25, 0.3) is 0 Å². The third kappa shape index (κ3) is 3.78. The van der Waals surface area contributed by atoms with Crippen molar-refractivity contribution < 1.29 is 5.11 Å². The lowest BCUT2D eigenvalue weighted by Gasteiger charge is -2.40. The molecule has 2 unspecified atom stereocenters. The van der Waals surface area contributed by atoms with Crippen molar-refractivity contribution in [1.29, 1.82) is 0 Å². The quantitative estimate of drug-likeness (QED) is 0.532. The van der Waals surface area contributed by atoms with E-state index in [0.717, 1.165) is 12.0 Å². The van der Waals surface area contributed by atoms with Crippen LogP contribution >= 0.6 is 0 Å². The molecular weight excluding hydrogens is 328 g/mol. The summed E-state index contributed by atoms with van der Waals surface area (Å²) in [6.07, 6.45) is 16.5. The first-order valence-corrected chi connectivity index (χ1v) is 9.77. The first-order valence-electron chi connectivity index (χ1n) is 9.77. The molecule has 0 radical (unpaired) electrons. The maximum atomic E-state index is 9.87. The molecule has 0 saturated heterocycles.